The molecule has 0 aliphatic rings. The number of carbonyl (C=O) groups is 1. The Morgan fingerprint density at radius 1 is 1.42 bits per heavy atom. The van der Waals surface area contributed by atoms with Gasteiger partial charge in [-0.15, -0.1) is 0 Å². The summed E-state index contributed by atoms with van der Waals surface area (Å²) in [6, 6.07) is 0. The first-order valence-electron chi connectivity index (χ1n) is 4.46. The van der Waals surface area contributed by atoms with Gasteiger partial charge in [-0.25, -0.2) is 4.79 Å². The number of rotatable bonds is 3. The predicted octanol–water partition coefficient (Wildman–Crippen LogP) is 3.56. The summed E-state index contributed by atoms with van der Waals surface area (Å²) < 4.78 is 4.72. The van der Waals surface area contributed by atoms with Gasteiger partial charge in [0.05, 0.1) is 6.61 Å². The Labute approximate surface area is 80.1 Å². The Kier molecular flexibility index (Phi) is 12.9. The zero-order valence-electron chi connectivity index (χ0n) is 8.72. The maximum Gasteiger partial charge on any atom is 0.367 e. The molecule has 12 heavy (non-hydrogen) atoms. The van der Waals surface area contributed by atoms with Crippen molar-refractivity contribution in [2.75, 3.05) is 12.4 Å². The maximum absolute atomic E-state index is 10.7. The lowest BCUT2D eigenvalue weighted by Crippen LogP contribution is -2.00. The van der Waals surface area contributed by atoms with E-state index in [0.717, 1.165) is 5.75 Å². The fourth-order valence-corrected chi connectivity index (χ4v) is 1.06. The van der Waals surface area contributed by atoms with Gasteiger partial charge >= 0.3 is 5.30 Å². The quantitative estimate of drug-likeness (QED) is 0.640. The van der Waals surface area contributed by atoms with Gasteiger partial charge in [-0.1, -0.05) is 27.7 Å². The molecule has 0 bridgehead atoms. The highest BCUT2D eigenvalue weighted by molar-refractivity contribution is 8.13. The van der Waals surface area contributed by atoms with Crippen LogP contribution in [-0.4, -0.2) is 17.7 Å². The number of hydrogen-bond acceptors (Lipinski definition) is 3. The highest BCUT2D eigenvalue weighted by atomic mass is 32.2. The first-order chi connectivity index (χ1) is 5.66. The maximum atomic E-state index is 10.7. The average Bonchev–Trinajstić information content (AvgIpc) is 2.05. The lowest BCUT2D eigenvalue weighted by atomic mass is 10.3. The third-order valence-corrected chi connectivity index (χ3v) is 1.98. The lowest BCUT2D eigenvalue weighted by molar-refractivity contribution is 0.181. The third-order valence-electron chi connectivity index (χ3n) is 0.797. The van der Waals surface area contributed by atoms with Gasteiger partial charge < -0.3 is 4.74 Å². The van der Waals surface area contributed by atoms with Crippen LogP contribution in [0.4, 0.5) is 4.79 Å². The summed E-state index contributed by atoms with van der Waals surface area (Å²) in [5.74, 6) is 1.40. The number of carbonyl (C=O) groups excluding carboxylic acids is 1. The van der Waals surface area contributed by atoms with E-state index in [1.165, 1.54) is 11.8 Å². The summed E-state index contributed by atoms with van der Waals surface area (Å²) in [5, 5.41) is -0.156. The minimum Gasteiger partial charge on any atom is -0.458 e. The summed E-state index contributed by atoms with van der Waals surface area (Å²) in [7, 11) is 0. The molecule has 0 fully saturated rings. The van der Waals surface area contributed by atoms with Gasteiger partial charge in [0, 0.05) is 5.75 Å². The molecule has 0 aromatic carbocycles. The predicted molar refractivity (Wildman–Crippen MR) is 55.7 cm³/mol. The van der Waals surface area contributed by atoms with E-state index in [1.807, 2.05) is 20.8 Å². The van der Waals surface area contributed by atoms with Crippen LogP contribution in [0.1, 0.15) is 34.6 Å². The summed E-state index contributed by atoms with van der Waals surface area (Å²) in [6.07, 6.45) is 0. The molecule has 0 aliphatic heterocycles. The average molecular weight is 192 g/mol. The molecular weight excluding hydrogens is 172 g/mol. The molecule has 0 saturated heterocycles. The van der Waals surface area contributed by atoms with Gasteiger partial charge in [-0.3, -0.25) is 0 Å². The van der Waals surface area contributed by atoms with Crippen molar-refractivity contribution in [1.29, 1.82) is 0 Å². The Balaban J connectivity index is 0. The third kappa shape index (κ3) is 12.5. The molecule has 0 N–H and O–H groups in total. The van der Waals surface area contributed by atoms with Crippen molar-refractivity contribution in [2.45, 2.75) is 34.6 Å². The van der Waals surface area contributed by atoms with Crippen molar-refractivity contribution in [3.63, 3.8) is 0 Å². The van der Waals surface area contributed by atoms with E-state index < -0.39 is 0 Å². The first kappa shape index (κ1) is 14.3. The highest BCUT2D eigenvalue weighted by Gasteiger charge is 2.02. The molecule has 3 heteroatoms. The second-order valence-electron chi connectivity index (χ2n) is 2.39. The van der Waals surface area contributed by atoms with Crippen LogP contribution in [0.15, 0.2) is 0 Å². The second kappa shape index (κ2) is 10.8. The van der Waals surface area contributed by atoms with Gasteiger partial charge in [0.15, 0.2) is 0 Å². The van der Waals surface area contributed by atoms with Gasteiger partial charge in [0.2, 0.25) is 0 Å². The van der Waals surface area contributed by atoms with Gasteiger partial charge in [-0.2, -0.15) is 0 Å². The lowest BCUT2D eigenvalue weighted by Gasteiger charge is -2.02. The minimum absolute atomic E-state index is 0.156. The summed E-state index contributed by atoms with van der Waals surface area (Å²) >= 11 is 1.25. The fourth-order valence-electron chi connectivity index (χ4n) is 0.394. The number of ether oxygens (including phenoxy) is 1. The van der Waals surface area contributed by atoms with Crippen LogP contribution in [0, 0.1) is 5.92 Å². The van der Waals surface area contributed by atoms with Crippen LogP contribution in [0.2, 0.25) is 0 Å². The monoisotopic (exact) mass is 192 g/mol. The van der Waals surface area contributed by atoms with E-state index in [-0.39, 0.29) is 5.30 Å². The second-order valence-corrected chi connectivity index (χ2v) is 3.34. The molecule has 0 spiro atoms. The zero-order chi connectivity index (χ0) is 9.98. The van der Waals surface area contributed by atoms with Crippen LogP contribution >= 0.6 is 11.8 Å². The standard InChI is InChI=1S/C7H14O2S.C2H6/c1-4-9-7(8)10-5-6(2)3;1-2/h6H,4-5H2,1-3H3;1-2H3. The van der Waals surface area contributed by atoms with E-state index >= 15 is 0 Å². The van der Waals surface area contributed by atoms with Crippen molar-refractivity contribution in [2.24, 2.45) is 5.92 Å². The Morgan fingerprint density at radius 3 is 2.25 bits per heavy atom. The van der Waals surface area contributed by atoms with E-state index in [9.17, 15) is 4.79 Å². The molecule has 0 aliphatic carbocycles. The molecule has 0 aromatic heterocycles. The normalized spacial score (nSPS) is 8.83. The molecule has 74 valence electrons. The van der Waals surface area contributed by atoms with Gasteiger partial charge in [-0.05, 0) is 24.6 Å². The van der Waals surface area contributed by atoms with Gasteiger partial charge in [0.1, 0.15) is 0 Å². The molecule has 0 unspecified atom stereocenters. The van der Waals surface area contributed by atoms with Crippen molar-refractivity contribution in [3.8, 4) is 0 Å². The Hall–Kier alpha value is -0.180. The topological polar surface area (TPSA) is 26.3 Å². The van der Waals surface area contributed by atoms with Crippen molar-refractivity contribution >= 4 is 17.1 Å². The van der Waals surface area contributed by atoms with Crippen LogP contribution in [-0.2, 0) is 4.74 Å². The molecule has 0 amide bonds. The molecule has 0 rings (SSSR count). The molecule has 2 nitrogen and oxygen atoms in total. The molecule has 0 atom stereocenters. The minimum atomic E-state index is -0.156. The van der Waals surface area contributed by atoms with Gasteiger partial charge in [0.25, 0.3) is 0 Å². The summed E-state index contributed by atoms with van der Waals surface area (Å²) in [6.45, 7) is 10.4. The van der Waals surface area contributed by atoms with Crippen molar-refractivity contribution in [3.05, 3.63) is 0 Å². The molecule has 0 saturated carbocycles. The molecule has 0 radical (unpaired) electrons. The SMILES string of the molecule is CC.CCOC(=O)SCC(C)C. The van der Waals surface area contributed by atoms with Crippen LogP contribution < -0.4 is 0 Å². The molecule has 0 aromatic rings. The zero-order valence-corrected chi connectivity index (χ0v) is 9.53. The Morgan fingerprint density at radius 2 is 1.92 bits per heavy atom. The van der Waals surface area contributed by atoms with Crippen LogP contribution in [0.5, 0.6) is 0 Å². The molecular formula is C9H20O2S. The van der Waals surface area contributed by atoms with E-state index in [1.54, 1.807) is 0 Å². The number of hydrogen-bond donors (Lipinski definition) is 0. The van der Waals surface area contributed by atoms with Crippen LogP contribution in [0.25, 0.3) is 0 Å². The number of thioether (sulfide) groups is 1. The highest BCUT2D eigenvalue weighted by Crippen LogP contribution is 2.09. The summed E-state index contributed by atoms with van der Waals surface area (Å²) in [5.41, 5.74) is 0. The largest absolute Gasteiger partial charge is 0.458 e. The first-order valence-corrected chi connectivity index (χ1v) is 5.45. The van der Waals surface area contributed by atoms with Crippen molar-refractivity contribution in [1.82, 2.24) is 0 Å². The van der Waals surface area contributed by atoms with E-state index in [4.69, 9.17) is 4.74 Å². The van der Waals surface area contributed by atoms with Crippen LogP contribution in [0.3, 0.4) is 0 Å². The summed E-state index contributed by atoms with van der Waals surface area (Å²) in [4.78, 5) is 10.7. The van der Waals surface area contributed by atoms with E-state index in [2.05, 4.69) is 13.8 Å². The van der Waals surface area contributed by atoms with Crippen molar-refractivity contribution < 1.29 is 9.53 Å². The fraction of sp³-hybridized carbons (Fsp3) is 0.889. The molecule has 0 heterocycles. The van der Waals surface area contributed by atoms with E-state index in [0.29, 0.717) is 12.5 Å². The Bertz CT molecular complexity index is 103. The smallest absolute Gasteiger partial charge is 0.367 e.